The Labute approximate surface area is 822 Å². The molecule has 0 spiro atoms. The Morgan fingerprint density at radius 3 is 0.723 bits per heavy atom. The maximum absolute atomic E-state index is 2.41. The molecule has 0 heterocycles. The van der Waals surface area contributed by atoms with E-state index >= 15 is 0 Å². The molecule has 0 bridgehead atoms. The summed E-state index contributed by atoms with van der Waals surface area (Å²) in [7, 11) is 0. The highest BCUT2D eigenvalue weighted by Crippen LogP contribution is 2.58. The van der Waals surface area contributed by atoms with Gasteiger partial charge in [0.2, 0.25) is 0 Å². The van der Waals surface area contributed by atoms with Crippen molar-refractivity contribution in [2.24, 2.45) is 0 Å². The average Bonchev–Trinajstić information content (AvgIpc) is 1.55. The number of benzene rings is 26. The summed E-state index contributed by atoms with van der Waals surface area (Å²) in [6.07, 6.45) is 0. The minimum atomic E-state index is -0.102. The molecule has 26 aromatic rings. The van der Waals surface area contributed by atoms with Gasteiger partial charge >= 0.3 is 0 Å². The topological polar surface area (TPSA) is 0 Å². The van der Waals surface area contributed by atoms with Crippen LogP contribution in [0.5, 0.6) is 0 Å². The van der Waals surface area contributed by atoms with Crippen LogP contribution in [0.15, 0.2) is 485 Å². The van der Waals surface area contributed by atoms with E-state index in [1.54, 1.807) is 0 Å². The Balaban J connectivity index is 0.000000106. The zero-order valence-corrected chi connectivity index (χ0v) is 79.7. The zero-order valence-electron chi connectivity index (χ0n) is 79.7. The predicted molar refractivity (Wildman–Crippen MR) is 606 cm³/mol. The Bertz CT molecular complexity index is 9740. The highest BCUT2D eigenvalue weighted by Gasteiger charge is 2.41. The highest BCUT2D eigenvalue weighted by atomic mass is 14.4. The van der Waals surface area contributed by atoms with Crippen LogP contribution in [0.25, 0.3) is 252 Å². The minimum absolute atomic E-state index is 0.0712. The normalized spacial score (nSPS) is 13.3. The van der Waals surface area contributed by atoms with E-state index in [0.717, 1.165) is 0 Å². The van der Waals surface area contributed by atoms with Crippen molar-refractivity contribution in [3.8, 4) is 122 Å². The third-order valence-corrected chi connectivity index (χ3v) is 31.6. The second-order valence-electron chi connectivity index (χ2n) is 40.9. The van der Waals surface area contributed by atoms with Gasteiger partial charge in [-0.2, -0.15) is 0 Å². The first-order chi connectivity index (χ1) is 69.1. The summed E-state index contributed by atoms with van der Waals surface area (Å²) in [6, 6.07) is 180. The van der Waals surface area contributed by atoms with E-state index < -0.39 is 0 Å². The monoisotopic (exact) mass is 1790 g/mol. The van der Waals surface area contributed by atoms with Crippen molar-refractivity contribution in [2.45, 2.75) is 57.8 Å². The van der Waals surface area contributed by atoms with Crippen LogP contribution in [0.3, 0.4) is 0 Å². The summed E-state index contributed by atoms with van der Waals surface area (Å²) in [5, 5.41) is 31.0. The molecule has 0 saturated heterocycles. The van der Waals surface area contributed by atoms with Crippen LogP contribution >= 0.6 is 0 Å². The maximum atomic E-state index is 2.41. The Morgan fingerprint density at radius 2 is 0.326 bits per heavy atom. The molecule has 0 radical (unpaired) electrons. The maximum Gasteiger partial charge on any atom is 0.0171 e. The van der Waals surface area contributed by atoms with Crippen LogP contribution in [-0.2, 0) is 16.2 Å². The van der Waals surface area contributed by atoms with Crippen molar-refractivity contribution in [1.29, 1.82) is 0 Å². The van der Waals surface area contributed by atoms with E-state index in [9.17, 15) is 0 Å². The van der Waals surface area contributed by atoms with Gasteiger partial charge in [0.05, 0.1) is 0 Å². The molecular weight excluding hydrogens is 1690 g/mol. The average molecular weight is 1790 g/mol. The zero-order chi connectivity index (χ0) is 94.1. The van der Waals surface area contributed by atoms with E-state index in [1.165, 1.54) is 285 Å². The lowest BCUT2D eigenvalue weighted by atomic mass is 9.78. The number of rotatable bonds is 8. The highest BCUT2D eigenvalue weighted by molar-refractivity contribution is 6.12. The van der Waals surface area contributed by atoms with Gasteiger partial charge in [-0.25, -0.2) is 0 Å². The molecule has 29 rings (SSSR count). The van der Waals surface area contributed by atoms with Crippen molar-refractivity contribution in [2.75, 3.05) is 0 Å². The van der Waals surface area contributed by atoms with Gasteiger partial charge in [-0.3, -0.25) is 0 Å². The Hall–Kier alpha value is -17.2. The van der Waals surface area contributed by atoms with E-state index in [4.69, 9.17) is 0 Å². The van der Waals surface area contributed by atoms with Crippen molar-refractivity contribution in [1.82, 2.24) is 0 Å². The van der Waals surface area contributed by atoms with Crippen molar-refractivity contribution < 1.29 is 0 Å². The van der Waals surface area contributed by atoms with Gasteiger partial charge in [0.15, 0.2) is 0 Å². The van der Waals surface area contributed by atoms with Crippen molar-refractivity contribution >= 4 is 129 Å². The molecule has 0 unspecified atom stereocenters. The summed E-state index contributed by atoms with van der Waals surface area (Å²) in [5.41, 5.74) is 36.5. The van der Waals surface area contributed by atoms with Crippen molar-refractivity contribution in [3.05, 3.63) is 519 Å². The molecule has 0 aromatic heterocycles. The molecule has 0 nitrogen and oxygen atoms in total. The van der Waals surface area contributed by atoms with Gasteiger partial charge in [0.1, 0.15) is 0 Å². The molecule has 662 valence electrons. The number of hydrogen-bond donors (Lipinski definition) is 0. The summed E-state index contributed by atoms with van der Waals surface area (Å²) < 4.78 is 0. The summed E-state index contributed by atoms with van der Waals surface area (Å²) in [6.45, 7) is 14.4. The number of fused-ring (bicyclic) bond motifs is 26. The smallest absolute Gasteiger partial charge is 0.0171 e. The Morgan fingerprint density at radius 1 is 0.106 bits per heavy atom. The second-order valence-corrected chi connectivity index (χ2v) is 40.9. The molecule has 3 aliphatic rings. The minimum Gasteiger partial charge on any atom is -0.0622 e. The standard InChI is InChI=1S/2C49H34.C43H30/c1-49(2)47-42-15-9-6-12-33(42)20-24-44(47)45-25-22-37-28-38(21-23-43(37)48(45)49)46-30-40(29-36-13-7-8-14-41(36)46)35-19-17-32-16-18-34(26-39(32)27-35)31-10-4-3-5-11-31;1-49(2)47-30-34-13-7-6-12-33(34)28-46(47)44-23-21-38-26-39(20-22-43(38)48(44)49)45-29-41(27-37-14-8-9-15-42(37)45)36-19-17-32-16-18-35(24-40(32)25-36)31-10-4-3-5-11-31;1-43(2)41-37-10-6-5-8-28(37)17-21-39(41)40-22-19-36-26-35(18-20-38(36)42(40)43)34-16-15-32-24-31(13-14-33(32)25-34)30-12-11-27-7-3-4-9-29(27)23-30/h2*3-30H,1-2H3;3-26H,1-2H3. The van der Waals surface area contributed by atoms with Gasteiger partial charge in [-0.15, -0.1) is 0 Å². The molecule has 3 aliphatic carbocycles. The van der Waals surface area contributed by atoms with Crippen LogP contribution < -0.4 is 0 Å². The van der Waals surface area contributed by atoms with E-state index in [2.05, 4.69) is 527 Å². The van der Waals surface area contributed by atoms with Crippen LogP contribution in [0.1, 0.15) is 74.9 Å². The van der Waals surface area contributed by atoms with E-state index in [-0.39, 0.29) is 16.2 Å². The molecule has 0 atom stereocenters. The summed E-state index contributed by atoms with van der Waals surface area (Å²) in [5.74, 6) is 0. The fourth-order valence-corrected chi connectivity index (χ4v) is 24.8. The first kappa shape index (κ1) is 83.2. The Kier molecular flexibility index (Phi) is 19.2. The number of hydrogen-bond acceptors (Lipinski definition) is 0. The van der Waals surface area contributed by atoms with Gasteiger partial charge < -0.3 is 0 Å². The summed E-state index contributed by atoms with van der Waals surface area (Å²) >= 11 is 0. The lowest BCUT2D eigenvalue weighted by Gasteiger charge is -2.25. The quantitative estimate of drug-likeness (QED) is 0.142. The third kappa shape index (κ3) is 13.9. The molecule has 0 aliphatic heterocycles. The van der Waals surface area contributed by atoms with Gasteiger partial charge in [-0.05, 0) is 382 Å². The van der Waals surface area contributed by atoms with Crippen LogP contribution in [0.2, 0.25) is 0 Å². The molecule has 0 amide bonds. The molecule has 26 aromatic carbocycles. The lowest BCUT2D eigenvalue weighted by molar-refractivity contribution is 0.667. The summed E-state index contributed by atoms with van der Waals surface area (Å²) in [4.78, 5) is 0. The fraction of sp³-hybridized carbons (Fsp3) is 0.0638. The largest absolute Gasteiger partial charge is 0.0622 e. The van der Waals surface area contributed by atoms with Gasteiger partial charge in [0.25, 0.3) is 0 Å². The predicted octanol–water partition coefficient (Wildman–Crippen LogP) is 39.2. The first-order valence-corrected chi connectivity index (χ1v) is 49.7. The van der Waals surface area contributed by atoms with E-state index in [0.29, 0.717) is 0 Å². The first-order valence-electron chi connectivity index (χ1n) is 49.7. The lowest BCUT2D eigenvalue weighted by Crippen LogP contribution is -2.16. The van der Waals surface area contributed by atoms with Crippen LogP contribution in [0, 0.1) is 0 Å². The van der Waals surface area contributed by atoms with Gasteiger partial charge in [0, 0.05) is 16.2 Å². The molecule has 0 N–H and O–H groups in total. The molecule has 0 saturated carbocycles. The molecule has 0 heteroatoms. The molecule has 141 heavy (non-hydrogen) atoms. The SMILES string of the molecule is CC1(C)c2c(ccc3ccccc23)-c2ccc3cc(-c4cc(-c5ccc6ccc(-c7ccccc7)cc6c5)cc5ccccc45)ccc3c21.CC1(C)c2c(ccc3ccccc23)-c2ccc3cc(-c4ccc5cc(-c6ccc7ccccc7c6)ccc5c4)ccc3c21.CC1(C)c2cc3ccccc3cc2-c2ccc3cc(-c4cc(-c5ccc6ccc(-c7ccccc7)cc6c5)cc5ccccc45)ccc3c21. The second kappa shape index (κ2) is 32.5. The van der Waals surface area contributed by atoms with Crippen LogP contribution in [-0.4, -0.2) is 0 Å². The van der Waals surface area contributed by atoms with Crippen LogP contribution in [0.4, 0.5) is 0 Å². The fourth-order valence-electron chi connectivity index (χ4n) is 24.8. The van der Waals surface area contributed by atoms with Gasteiger partial charge in [-0.1, -0.05) is 430 Å². The molecular formula is C141H98. The molecule has 0 fully saturated rings. The van der Waals surface area contributed by atoms with Crippen molar-refractivity contribution in [3.63, 3.8) is 0 Å². The third-order valence-electron chi connectivity index (χ3n) is 31.6. The van der Waals surface area contributed by atoms with E-state index in [1.807, 2.05) is 0 Å².